The Morgan fingerprint density at radius 2 is 1.89 bits per heavy atom. The topological polar surface area (TPSA) is 106 Å². The molecular formula is C41H44F3N7O4. The molecule has 3 aromatic heterocycles. The number of rotatable bonds is 11. The van der Waals surface area contributed by atoms with Gasteiger partial charge in [-0.1, -0.05) is 19.1 Å². The van der Waals surface area contributed by atoms with Crippen LogP contribution in [0.3, 0.4) is 0 Å². The normalized spacial score (nSPS) is 20.3. The van der Waals surface area contributed by atoms with Crippen LogP contribution in [0.25, 0.3) is 32.9 Å². The van der Waals surface area contributed by atoms with Crippen LogP contribution in [-0.2, 0) is 16.0 Å². The number of carbonyl (C=O) groups is 1. The molecule has 0 unspecified atom stereocenters. The highest BCUT2D eigenvalue weighted by molar-refractivity contribution is 6.02. The number of piperidine rings is 1. The van der Waals surface area contributed by atoms with E-state index in [2.05, 4.69) is 19.9 Å². The zero-order valence-electron chi connectivity index (χ0n) is 31.2. The number of nitrogens with zero attached hydrogens (tertiary/aromatic N) is 7. The molecule has 288 valence electrons. The lowest BCUT2D eigenvalue weighted by atomic mass is 9.94. The number of benzene rings is 2. The number of halogens is 3. The first-order chi connectivity index (χ1) is 26.7. The van der Waals surface area contributed by atoms with Gasteiger partial charge in [0, 0.05) is 64.1 Å². The van der Waals surface area contributed by atoms with Gasteiger partial charge in [-0.15, -0.1) is 0 Å². The first kappa shape index (κ1) is 36.9. The van der Waals surface area contributed by atoms with Crippen molar-refractivity contribution in [1.82, 2.24) is 24.8 Å². The van der Waals surface area contributed by atoms with E-state index in [0.29, 0.717) is 90.0 Å². The van der Waals surface area contributed by atoms with Gasteiger partial charge >= 0.3 is 6.01 Å². The number of fused-ring (bicyclic) bond motifs is 3. The molecule has 2 aromatic carbocycles. The van der Waals surface area contributed by atoms with E-state index < -0.39 is 23.3 Å². The van der Waals surface area contributed by atoms with Gasteiger partial charge in [0.05, 0.1) is 10.9 Å². The summed E-state index contributed by atoms with van der Waals surface area (Å²) in [6, 6.07) is 11.9. The van der Waals surface area contributed by atoms with Crippen molar-refractivity contribution in [2.75, 3.05) is 63.5 Å². The third kappa shape index (κ3) is 6.90. The maximum absolute atomic E-state index is 17.3. The van der Waals surface area contributed by atoms with Crippen LogP contribution in [0.1, 0.15) is 44.6 Å². The zero-order chi connectivity index (χ0) is 38.3. The first-order valence-corrected chi connectivity index (χ1v) is 18.9. The molecule has 6 heterocycles. The molecule has 14 heteroatoms. The van der Waals surface area contributed by atoms with Crippen molar-refractivity contribution in [3.63, 3.8) is 0 Å². The second-order valence-electron chi connectivity index (χ2n) is 14.7. The van der Waals surface area contributed by atoms with Gasteiger partial charge in [0.1, 0.15) is 47.2 Å². The molecule has 3 fully saturated rings. The summed E-state index contributed by atoms with van der Waals surface area (Å²) >= 11 is 0. The molecule has 0 radical (unpaired) electrons. The van der Waals surface area contributed by atoms with E-state index >= 15 is 8.78 Å². The smallest absolute Gasteiger partial charge is 0.319 e. The van der Waals surface area contributed by atoms with Gasteiger partial charge in [-0.2, -0.15) is 9.97 Å². The predicted octanol–water partition coefficient (Wildman–Crippen LogP) is 6.90. The summed E-state index contributed by atoms with van der Waals surface area (Å²) in [5.74, 6) is 0.0120. The fourth-order valence-corrected chi connectivity index (χ4v) is 8.67. The molecule has 0 bridgehead atoms. The molecular weight excluding hydrogens is 711 g/mol. The van der Waals surface area contributed by atoms with Gasteiger partial charge in [0.2, 0.25) is 5.91 Å². The van der Waals surface area contributed by atoms with Gasteiger partial charge in [-0.05, 0) is 85.3 Å². The zero-order valence-corrected chi connectivity index (χ0v) is 31.2. The van der Waals surface area contributed by atoms with Crippen LogP contribution in [0.2, 0.25) is 0 Å². The highest BCUT2D eigenvalue weighted by Gasteiger charge is 2.49. The van der Waals surface area contributed by atoms with Crippen LogP contribution in [0.4, 0.5) is 24.8 Å². The Morgan fingerprint density at radius 3 is 2.65 bits per heavy atom. The Hall–Kier alpha value is -5.08. The van der Waals surface area contributed by atoms with E-state index in [1.54, 1.807) is 54.7 Å². The van der Waals surface area contributed by atoms with Crippen LogP contribution < -0.4 is 19.3 Å². The van der Waals surface area contributed by atoms with E-state index in [0.717, 1.165) is 19.4 Å². The molecule has 3 saturated heterocycles. The second-order valence-corrected chi connectivity index (χ2v) is 14.7. The number of amides is 1. The largest absolute Gasteiger partial charge is 0.468 e. The maximum atomic E-state index is 17.3. The van der Waals surface area contributed by atoms with Gasteiger partial charge in [-0.3, -0.25) is 19.6 Å². The van der Waals surface area contributed by atoms with Gasteiger partial charge in [0.25, 0.3) is 0 Å². The number of anilines is 2. The number of aryl methyl sites for hydroxylation is 1. The fourth-order valence-electron chi connectivity index (χ4n) is 8.67. The number of carbonyl (C=O) groups excluding carboxylic acids is 1. The van der Waals surface area contributed by atoms with Crippen LogP contribution in [-0.4, -0.2) is 96.2 Å². The monoisotopic (exact) mass is 755 g/mol. The number of alkyl halides is 1. The van der Waals surface area contributed by atoms with Crippen LogP contribution in [0, 0.1) is 17.6 Å². The second kappa shape index (κ2) is 15.2. The van der Waals surface area contributed by atoms with Crippen molar-refractivity contribution >= 4 is 39.2 Å². The first-order valence-electron chi connectivity index (χ1n) is 18.9. The minimum absolute atomic E-state index is 0.0144. The number of ether oxygens (including phenoxy) is 3. The minimum Gasteiger partial charge on any atom is -0.468 e. The Balaban J connectivity index is 1.19. The Morgan fingerprint density at radius 1 is 1.05 bits per heavy atom. The predicted molar refractivity (Wildman–Crippen MR) is 203 cm³/mol. The van der Waals surface area contributed by atoms with Crippen molar-refractivity contribution in [2.45, 2.75) is 57.2 Å². The molecule has 3 aliphatic rings. The fraction of sp³-hybridized carbons (Fsp3) is 0.439. The summed E-state index contributed by atoms with van der Waals surface area (Å²) in [6.07, 6.45) is 5.77. The Labute approximate surface area is 317 Å². The molecule has 8 rings (SSSR count). The molecule has 3 aliphatic heterocycles. The number of pyridine rings is 2. The summed E-state index contributed by atoms with van der Waals surface area (Å²) in [5.41, 5.74) is 0.252. The molecule has 1 amide bonds. The van der Waals surface area contributed by atoms with E-state index in [9.17, 15) is 9.18 Å². The van der Waals surface area contributed by atoms with Crippen LogP contribution in [0.5, 0.6) is 11.8 Å². The Kier molecular flexibility index (Phi) is 10.2. The van der Waals surface area contributed by atoms with Crippen molar-refractivity contribution in [3.05, 3.63) is 72.1 Å². The number of aromatic nitrogens is 4. The van der Waals surface area contributed by atoms with Gasteiger partial charge in [0.15, 0.2) is 12.6 Å². The standard InChI is InChI=1S/C41H44F3N7O4/c1-4-29-32(43)10-9-26-18-28(55-24-53-3)19-30(34(26)29)36-35(44)37-31(21-46-36)38(48-40(47-37)54-23-41-13-7-15-51(41)22-27(42)20-41)50-16-11-25(12-17-50)39(52)49(2)33-8-5-6-14-45-33/h5-6,8-10,14,18-19,21,25,27H,4,7,11-13,15-17,20,22-24H2,1-3H3/t27-,41+/m1/s1. The van der Waals surface area contributed by atoms with Crippen molar-refractivity contribution < 1.29 is 32.2 Å². The SMILES string of the molecule is CCc1c(F)ccc2cc(OCOC)cc(-c3ncc4c(N5CCC(C(=O)N(C)c6ccccn6)CC5)nc(OC[C@@]56CCCN5C[C@H](F)C6)nc4c3F)c12. The lowest BCUT2D eigenvalue weighted by Gasteiger charge is -2.34. The molecule has 0 spiro atoms. The molecule has 11 nitrogen and oxygen atoms in total. The van der Waals surface area contributed by atoms with E-state index in [1.165, 1.54) is 13.2 Å². The van der Waals surface area contributed by atoms with E-state index in [1.807, 2.05) is 17.9 Å². The summed E-state index contributed by atoms with van der Waals surface area (Å²) in [4.78, 5) is 37.7. The molecule has 5 aromatic rings. The number of hydrogen-bond acceptors (Lipinski definition) is 10. The number of methoxy groups -OCH3 is 1. The van der Waals surface area contributed by atoms with Gasteiger partial charge < -0.3 is 19.1 Å². The molecule has 0 N–H and O–H groups in total. The van der Waals surface area contributed by atoms with Crippen molar-refractivity contribution in [3.8, 4) is 23.0 Å². The maximum Gasteiger partial charge on any atom is 0.319 e. The minimum atomic E-state index is -0.944. The molecule has 0 saturated carbocycles. The van der Waals surface area contributed by atoms with Crippen LogP contribution >= 0.6 is 0 Å². The highest BCUT2D eigenvalue weighted by Crippen LogP contribution is 2.42. The summed E-state index contributed by atoms with van der Waals surface area (Å²) in [5, 5.41) is 1.55. The Bertz CT molecular complexity index is 2220. The van der Waals surface area contributed by atoms with Crippen LogP contribution in [0.15, 0.2) is 54.9 Å². The average molecular weight is 756 g/mol. The van der Waals surface area contributed by atoms with Crippen molar-refractivity contribution in [2.24, 2.45) is 5.92 Å². The molecule has 0 aliphatic carbocycles. The molecule has 2 atom stereocenters. The lowest BCUT2D eigenvalue weighted by Crippen LogP contribution is -2.43. The van der Waals surface area contributed by atoms with Crippen molar-refractivity contribution in [1.29, 1.82) is 0 Å². The average Bonchev–Trinajstić information content (AvgIpc) is 3.74. The molecule has 55 heavy (non-hydrogen) atoms. The third-order valence-electron chi connectivity index (χ3n) is 11.4. The van der Waals surface area contributed by atoms with E-state index in [-0.39, 0.29) is 42.4 Å². The quantitative estimate of drug-likeness (QED) is 0.132. The highest BCUT2D eigenvalue weighted by atomic mass is 19.1. The summed E-state index contributed by atoms with van der Waals surface area (Å²) in [6.45, 7) is 4.05. The van der Waals surface area contributed by atoms with Gasteiger partial charge in [-0.25, -0.2) is 18.2 Å². The number of hydrogen-bond donors (Lipinski definition) is 0. The third-order valence-corrected chi connectivity index (χ3v) is 11.4. The van der Waals surface area contributed by atoms with E-state index in [4.69, 9.17) is 19.2 Å². The summed E-state index contributed by atoms with van der Waals surface area (Å²) < 4.78 is 64.4. The lowest BCUT2D eigenvalue weighted by molar-refractivity contribution is -0.122. The summed E-state index contributed by atoms with van der Waals surface area (Å²) in [7, 11) is 3.23.